The zero-order chi connectivity index (χ0) is 16.5. The molecule has 1 aliphatic rings. The highest BCUT2D eigenvalue weighted by molar-refractivity contribution is 6.32. The first-order valence-corrected chi connectivity index (χ1v) is 8.16. The van der Waals surface area contributed by atoms with E-state index in [0.29, 0.717) is 36.5 Å². The van der Waals surface area contributed by atoms with Gasteiger partial charge >= 0.3 is 0 Å². The fourth-order valence-electron chi connectivity index (χ4n) is 2.29. The lowest BCUT2D eigenvalue weighted by Crippen LogP contribution is -2.23. The van der Waals surface area contributed by atoms with Gasteiger partial charge in [-0.2, -0.15) is 0 Å². The van der Waals surface area contributed by atoms with Gasteiger partial charge in [0.25, 0.3) is 0 Å². The third kappa shape index (κ3) is 6.25. The number of benzene rings is 1. The quantitative estimate of drug-likeness (QED) is 0.432. The molecular weight excluding hydrogens is 318 g/mol. The highest BCUT2D eigenvalue weighted by Gasteiger charge is 2.14. The molecule has 23 heavy (non-hydrogen) atoms. The van der Waals surface area contributed by atoms with Gasteiger partial charge in [-0.15, -0.1) is 0 Å². The second kappa shape index (κ2) is 9.60. The number of nitrogens with zero attached hydrogens (tertiary/aromatic N) is 1. The number of methoxy groups -OCH3 is 1. The van der Waals surface area contributed by atoms with Gasteiger partial charge in [0.2, 0.25) is 0 Å². The summed E-state index contributed by atoms with van der Waals surface area (Å²) >= 11 is 6.06. The van der Waals surface area contributed by atoms with Crippen LogP contribution in [0.4, 0.5) is 5.69 Å². The predicted molar refractivity (Wildman–Crippen MR) is 92.5 cm³/mol. The van der Waals surface area contributed by atoms with E-state index in [2.05, 4.69) is 10.3 Å². The van der Waals surface area contributed by atoms with Crippen molar-refractivity contribution in [2.75, 3.05) is 38.8 Å². The summed E-state index contributed by atoms with van der Waals surface area (Å²) < 4.78 is 16.2. The molecule has 0 amide bonds. The van der Waals surface area contributed by atoms with Crippen LogP contribution in [-0.2, 0) is 9.47 Å². The van der Waals surface area contributed by atoms with Gasteiger partial charge in [0.15, 0.2) is 5.96 Å². The van der Waals surface area contributed by atoms with Gasteiger partial charge in [0.1, 0.15) is 5.75 Å². The number of rotatable bonds is 8. The SMILES string of the molecule is COc1ccc(NC(N)=NCCCOCC2CCCO2)cc1Cl. The van der Waals surface area contributed by atoms with Crippen molar-refractivity contribution >= 4 is 23.2 Å². The minimum atomic E-state index is 0.269. The average molecular weight is 342 g/mol. The number of anilines is 1. The van der Waals surface area contributed by atoms with Crippen molar-refractivity contribution in [3.63, 3.8) is 0 Å². The highest BCUT2D eigenvalue weighted by atomic mass is 35.5. The standard InChI is InChI=1S/C16H24ClN3O3/c1-21-15-6-5-12(10-14(15)17)20-16(18)19-7-3-8-22-11-13-4-2-9-23-13/h5-6,10,13H,2-4,7-9,11H2,1H3,(H3,18,19,20). The normalized spacial score (nSPS) is 18.2. The van der Waals surface area contributed by atoms with Gasteiger partial charge in [-0.1, -0.05) is 11.6 Å². The Morgan fingerprint density at radius 3 is 3.09 bits per heavy atom. The Balaban J connectivity index is 1.63. The summed E-state index contributed by atoms with van der Waals surface area (Å²) in [6.45, 7) is 2.79. The second-order valence-corrected chi connectivity index (χ2v) is 5.71. The van der Waals surface area contributed by atoms with Crippen LogP contribution >= 0.6 is 11.6 Å². The first-order valence-electron chi connectivity index (χ1n) is 7.79. The lowest BCUT2D eigenvalue weighted by molar-refractivity contribution is 0.0171. The predicted octanol–water partition coefficient (Wildman–Crippen LogP) is 2.66. The molecule has 1 heterocycles. The maximum atomic E-state index is 6.06. The fourth-order valence-corrected chi connectivity index (χ4v) is 2.55. The van der Waals surface area contributed by atoms with Crippen LogP contribution in [0.5, 0.6) is 5.75 Å². The third-order valence-corrected chi connectivity index (χ3v) is 3.78. The van der Waals surface area contributed by atoms with E-state index in [-0.39, 0.29) is 6.10 Å². The number of guanidine groups is 1. The lowest BCUT2D eigenvalue weighted by Gasteiger charge is -2.10. The summed E-state index contributed by atoms with van der Waals surface area (Å²) in [5.41, 5.74) is 6.61. The third-order valence-electron chi connectivity index (χ3n) is 3.48. The van der Waals surface area contributed by atoms with Crippen LogP contribution in [0.3, 0.4) is 0 Å². The van der Waals surface area contributed by atoms with E-state index in [4.69, 9.17) is 31.5 Å². The van der Waals surface area contributed by atoms with Crippen LogP contribution in [0.25, 0.3) is 0 Å². The number of nitrogens with one attached hydrogen (secondary N) is 1. The Bertz CT molecular complexity index is 519. The molecule has 1 atom stereocenters. The van der Waals surface area contributed by atoms with Gasteiger partial charge in [0.05, 0.1) is 24.8 Å². The number of hydrogen-bond acceptors (Lipinski definition) is 4. The van der Waals surface area contributed by atoms with Crippen molar-refractivity contribution in [2.45, 2.75) is 25.4 Å². The molecule has 2 rings (SSSR count). The molecule has 0 aromatic heterocycles. The molecule has 0 saturated carbocycles. The monoisotopic (exact) mass is 341 g/mol. The summed E-state index contributed by atoms with van der Waals surface area (Å²) in [6.07, 6.45) is 3.32. The molecule has 0 aliphatic carbocycles. The molecule has 1 aromatic carbocycles. The Morgan fingerprint density at radius 1 is 1.52 bits per heavy atom. The molecule has 1 saturated heterocycles. The van der Waals surface area contributed by atoms with E-state index in [0.717, 1.165) is 31.6 Å². The van der Waals surface area contributed by atoms with Crippen LogP contribution < -0.4 is 15.8 Å². The van der Waals surface area contributed by atoms with Gasteiger partial charge < -0.3 is 25.3 Å². The van der Waals surface area contributed by atoms with E-state index >= 15 is 0 Å². The number of halogens is 1. The summed E-state index contributed by atoms with van der Waals surface area (Å²) in [7, 11) is 1.57. The summed E-state index contributed by atoms with van der Waals surface area (Å²) in [4.78, 5) is 4.26. The van der Waals surface area contributed by atoms with Crippen LogP contribution in [0.15, 0.2) is 23.2 Å². The van der Waals surface area contributed by atoms with Gasteiger partial charge in [-0.25, -0.2) is 0 Å². The first kappa shape index (κ1) is 17.8. The van der Waals surface area contributed by atoms with Crippen molar-refractivity contribution < 1.29 is 14.2 Å². The number of ether oxygens (including phenoxy) is 3. The van der Waals surface area contributed by atoms with E-state index < -0.39 is 0 Å². The van der Waals surface area contributed by atoms with E-state index in [1.807, 2.05) is 6.07 Å². The molecule has 1 aliphatic heterocycles. The Kier molecular flexibility index (Phi) is 7.45. The zero-order valence-electron chi connectivity index (χ0n) is 13.4. The smallest absolute Gasteiger partial charge is 0.193 e. The topological polar surface area (TPSA) is 78.1 Å². The fraction of sp³-hybridized carbons (Fsp3) is 0.562. The first-order chi connectivity index (χ1) is 11.2. The maximum Gasteiger partial charge on any atom is 0.193 e. The molecule has 0 bridgehead atoms. The highest BCUT2D eigenvalue weighted by Crippen LogP contribution is 2.26. The van der Waals surface area contributed by atoms with Crippen LogP contribution in [-0.4, -0.2) is 45.5 Å². The summed E-state index contributed by atoms with van der Waals surface area (Å²) in [6, 6.07) is 5.35. The maximum absolute atomic E-state index is 6.06. The molecule has 1 unspecified atom stereocenters. The summed E-state index contributed by atoms with van der Waals surface area (Å²) in [5.74, 6) is 0.974. The molecule has 7 heteroatoms. The number of aliphatic imine (C=N–C) groups is 1. The molecule has 3 N–H and O–H groups in total. The lowest BCUT2D eigenvalue weighted by atomic mass is 10.2. The molecule has 0 spiro atoms. The van der Waals surface area contributed by atoms with Crippen molar-refractivity contribution in [3.8, 4) is 5.75 Å². The van der Waals surface area contributed by atoms with Crippen LogP contribution in [0, 0.1) is 0 Å². The molecule has 128 valence electrons. The van der Waals surface area contributed by atoms with Gasteiger partial charge in [-0.05, 0) is 37.5 Å². The largest absolute Gasteiger partial charge is 0.495 e. The number of nitrogens with two attached hydrogens (primary N) is 1. The Morgan fingerprint density at radius 2 is 2.39 bits per heavy atom. The van der Waals surface area contributed by atoms with Gasteiger partial charge in [0, 0.05) is 25.4 Å². The molecule has 0 radical (unpaired) electrons. The molecular formula is C16H24ClN3O3. The van der Waals surface area contributed by atoms with Crippen molar-refractivity contribution in [1.29, 1.82) is 0 Å². The van der Waals surface area contributed by atoms with E-state index in [1.54, 1.807) is 19.2 Å². The molecule has 1 fully saturated rings. The zero-order valence-corrected chi connectivity index (χ0v) is 14.1. The molecule has 1 aromatic rings. The van der Waals surface area contributed by atoms with E-state index in [1.165, 1.54) is 0 Å². The second-order valence-electron chi connectivity index (χ2n) is 5.30. The Labute approximate surface area is 142 Å². The van der Waals surface area contributed by atoms with Crippen LogP contribution in [0.1, 0.15) is 19.3 Å². The summed E-state index contributed by atoms with van der Waals surface area (Å²) in [5, 5.41) is 3.52. The minimum Gasteiger partial charge on any atom is -0.495 e. The number of hydrogen-bond donors (Lipinski definition) is 2. The minimum absolute atomic E-state index is 0.269. The van der Waals surface area contributed by atoms with E-state index in [9.17, 15) is 0 Å². The van der Waals surface area contributed by atoms with Crippen LogP contribution in [0.2, 0.25) is 5.02 Å². The van der Waals surface area contributed by atoms with Crippen molar-refractivity contribution in [1.82, 2.24) is 0 Å². The van der Waals surface area contributed by atoms with Crippen molar-refractivity contribution in [3.05, 3.63) is 23.2 Å². The Hall–Kier alpha value is -1.50. The average Bonchev–Trinajstić information content (AvgIpc) is 3.04. The molecule has 6 nitrogen and oxygen atoms in total. The van der Waals surface area contributed by atoms with Crippen molar-refractivity contribution in [2.24, 2.45) is 10.7 Å². The van der Waals surface area contributed by atoms with Gasteiger partial charge in [-0.3, -0.25) is 4.99 Å².